The van der Waals surface area contributed by atoms with Gasteiger partial charge in [0.1, 0.15) is 11.5 Å². The molecule has 1 unspecified atom stereocenters. The molecule has 1 aliphatic rings. The molecule has 2 heterocycles. The van der Waals surface area contributed by atoms with Crippen LogP contribution in [-0.4, -0.2) is 33.3 Å². The molecule has 0 aliphatic carbocycles. The number of carbonyl (C=O) groups is 2. The number of hydrogen-bond donors (Lipinski definition) is 1. The molecule has 0 spiro atoms. The van der Waals surface area contributed by atoms with Gasteiger partial charge in [0, 0.05) is 24.5 Å². The van der Waals surface area contributed by atoms with Gasteiger partial charge >= 0.3 is 0 Å². The molecule has 1 N–H and O–H groups in total. The topological polar surface area (TPSA) is 79.7 Å². The second kappa shape index (κ2) is 10.1. The second-order valence-electron chi connectivity index (χ2n) is 7.93. The van der Waals surface area contributed by atoms with Crippen molar-refractivity contribution in [2.75, 3.05) is 6.61 Å². The van der Waals surface area contributed by atoms with Crippen molar-refractivity contribution in [3.8, 4) is 5.75 Å². The van der Waals surface area contributed by atoms with Crippen LogP contribution in [0.3, 0.4) is 0 Å². The Labute approximate surface area is 193 Å². The van der Waals surface area contributed by atoms with Crippen molar-refractivity contribution in [3.05, 3.63) is 101 Å². The van der Waals surface area contributed by atoms with Gasteiger partial charge in [0.15, 0.2) is 0 Å². The first kappa shape index (κ1) is 22.3. The molecule has 1 aromatic heterocycles. The molecule has 33 heavy (non-hydrogen) atoms. The molecule has 1 atom stereocenters. The fraction of sp³-hybridized carbons (Fsp3) is 0.222. The van der Waals surface area contributed by atoms with Crippen molar-refractivity contribution < 1.29 is 19.4 Å². The van der Waals surface area contributed by atoms with Gasteiger partial charge in [0.25, 0.3) is 11.7 Å². The van der Waals surface area contributed by atoms with E-state index in [4.69, 9.17) is 4.74 Å². The molecule has 1 fully saturated rings. The van der Waals surface area contributed by atoms with Crippen LogP contribution in [0.4, 0.5) is 0 Å². The summed E-state index contributed by atoms with van der Waals surface area (Å²) < 4.78 is 5.69. The van der Waals surface area contributed by atoms with Crippen molar-refractivity contribution in [2.45, 2.75) is 32.4 Å². The van der Waals surface area contributed by atoms with Crippen molar-refractivity contribution >= 4 is 17.4 Å². The third-order valence-electron chi connectivity index (χ3n) is 5.63. The van der Waals surface area contributed by atoms with Crippen LogP contribution >= 0.6 is 0 Å². The van der Waals surface area contributed by atoms with E-state index < -0.39 is 17.7 Å². The summed E-state index contributed by atoms with van der Waals surface area (Å²) in [4.78, 5) is 31.7. The molecule has 3 aromatic rings. The third kappa shape index (κ3) is 4.80. The van der Waals surface area contributed by atoms with E-state index in [9.17, 15) is 14.7 Å². The van der Waals surface area contributed by atoms with E-state index in [1.54, 1.807) is 42.7 Å². The molecule has 6 nitrogen and oxygen atoms in total. The Kier molecular flexibility index (Phi) is 6.83. The minimum absolute atomic E-state index is 0.0785. The summed E-state index contributed by atoms with van der Waals surface area (Å²) in [5.74, 6) is -0.852. The number of Topliss-reactive ketones (excluding diaryl/α,β-unsaturated/α-hetero) is 1. The van der Waals surface area contributed by atoms with Crippen molar-refractivity contribution in [2.24, 2.45) is 0 Å². The van der Waals surface area contributed by atoms with Gasteiger partial charge in [-0.05, 0) is 47.9 Å². The molecule has 6 heteroatoms. The summed E-state index contributed by atoms with van der Waals surface area (Å²) in [6.07, 6.45) is 5.32. The number of nitrogens with zero attached hydrogens (tertiary/aromatic N) is 2. The molecule has 0 radical (unpaired) electrons. The van der Waals surface area contributed by atoms with Crippen LogP contribution in [-0.2, 0) is 16.1 Å². The minimum atomic E-state index is -0.702. The SMILES string of the molecule is CCCCOc1ccc(/C(O)=C2/C(=O)C(=O)N(Cc3cccnc3)C2c2ccccc2)cc1. The number of rotatable bonds is 8. The maximum atomic E-state index is 13.1. The third-order valence-corrected chi connectivity index (χ3v) is 5.63. The normalized spacial score (nSPS) is 17.4. The summed E-state index contributed by atoms with van der Waals surface area (Å²) in [6.45, 7) is 2.92. The first-order valence-corrected chi connectivity index (χ1v) is 11.1. The number of benzene rings is 2. The molecule has 4 rings (SSSR count). The number of hydrogen-bond acceptors (Lipinski definition) is 5. The maximum Gasteiger partial charge on any atom is 0.295 e. The van der Waals surface area contributed by atoms with Gasteiger partial charge in [0.05, 0.1) is 18.2 Å². The summed E-state index contributed by atoms with van der Waals surface area (Å²) in [6, 6.07) is 19.1. The zero-order valence-corrected chi connectivity index (χ0v) is 18.5. The van der Waals surface area contributed by atoms with Crippen LogP contribution in [0.15, 0.2) is 84.7 Å². The number of likely N-dealkylation sites (tertiary alicyclic amines) is 1. The van der Waals surface area contributed by atoms with Crippen LogP contribution in [0.25, 0.3) is 5.76 Å². The number of aromatic nitrogens is 1. The predicted octanol–water partition coefficient (Wildman–Crippen LogP) is 4.88. The lowest BCUT2D eigenvalue weighted by atomic mass is 9.95. The monoisotopic (exact) mass is 442 g/mol. The van der Waals surface area contributed by atoms with E-state index in [2.05, 4.69) is 11.9 Å². The summed E-state index contributed by atoms with van der Waals surface area (Å²) >= 11 is 0. The van der Waals surface area contributed by atoms with Crippen LogP contribution in [0, 0.1) is 0 Å². The van der Waals surface area contributed by atoms with Crippen LogP contribution < -0.4 is 4.74 Å². The molecule has 1 aliphatic heterocycles. The average molecular weight is 443 g/mol. The molecule has 0 saturated carbocycles. The number of unbranched alkanes of at least 4 members (excludes halogenated alkanes) is 1. The van der Waals surface area contributed by atoms with E-state index in [0.717, 1.165) is 24.0 Å². The molecule has 1 saturated heterocycles. The number of aliphatic hydroxyl groups is 1. The highest BCUT2D eigenvalue weighted by Gasteiger charge is 2.46. The van der Waals surface area contributed by atoms with E-state index in [-0.39, 0.29) is 17.9 Å². The van der Waals surface area contributed by atoms with Crippen molar-refractivity contribution in [1.82, 2.24) is 9.88 Å². The first-order chi connectivity index (χ1) is 16.1. The Morgan fingerprint density at radius 2 is 1.79 bits per heavy atom. The van der Waals surface area contributed by atoms with Crippen LogP contribution in [0.5, 0.6) is 5.75 Å². The fourth-order valence-electron chi connectivity index (χ4n) is 3.91. The second-order valence-corrected chi connectivity index (χ2v) is 7.93. The molecule has 0 bridgehead atoms. The summed E-state index contributed by atoms with van der Waals surface area (Å²) in [7, 11) is 0. The number of pyridine rings is 1. The Bertz CT molecular complexity index is 1140. The lowest BCUT2D eigenvalue weighted by Crippen LogP contribution is -2.29. The summed E-state index contributed by atoms with van der Waals surface area (Å²) in [5.41, 5.74) is 2.09. The highest BCUT2D eigenvalue weighted by molar-refractivity contribution is 6.46. The van der Waals surface area contributed by atoms with Gasteiger partial charge in [-0.2, -0.15) is 0 Å². The molecular formula is C27H26N2O4. The van der Waals surface area contributed by atoms with Gasteiger partial charge < -0.3 is 14.7 Å². The molecule has 1 amide bonds. The highest BCUT2D eigenvalue weighted by Crippen LogP contribution is 2.40. The maximum absolute atomic E-state index is 13.1. The largest absolute Gasteiger partial charge is 0.507 e. The zero-order valence-electron chi connectivity index (χ0n) is 18.5. The average Bonchev–Trinajstić information content (AvgIpc) is 3.10. The summed E-state index contributed by atoms with van der Waals surface area (Å²) in [5, 5.41) is 11.2. The predicted molar refractivity (Wildman–Crippen MR) is 125 cm³/mol. The zero-order chi connectivity index (χ0) is 23.2. The van der Waals surface area contributed by atoms with E-state index in [1.807, 2.05) is 36.4 Å². The van der Waals surface area contributed by atoms with Crippen molar-refractivity contribution in [1.29, 1.82) is 0 Å². The smallest absolute Gasteiger partial charge is 0.295 e. The van der Waals surface area contributed by atoms with Crippen LogP contribution in [0.1, 0.15) is 42.5 Å². The lowest BCUT2D eigenvalue weighted by Gasteiger charge is -2.25. The van der Waals surface area contributed by atoms with E-state index in [1.165, 1.54) is 4.90 Å². The minimum Gasteiger partial charge on any atom is -0.507 e. The highest BCUT2D eigenvalue weighted by atomic mass is 16.5. The number of ether oxygens (including phenoxy) is 1. The first-order valence-electron chi connectivity index (χ1n) is 11.1. The lowest BCUT2D eigenvalue weighted by molar-refractivity contribution is -0.140. The number of carbonyl (C=O) groups excluding carboxylic acids is 2. The fourth-order valence-corrected chi connectivity index (χ4v) is 3.91. The van der Waals surface area contributed by atoms with Gasteiger partial charge in [-0.3, -0.25) is 14.6 Å². The van der Waals surface area contributed by atoms with E-state index >= 15 is 0 Å². The van der Waals surface area contributed by atoms with Gasteiger partial charge in [-0.25, -0.2) is 0 Å². The number of aliphatic hydroxyl groups excluding tert-OH is 1. The molecule has 2 aromatic carbocycles. The van der Waals surface area contributed by atoms with Gasteiger partial charge in [-0.1, -0.05) is 49.7 Å². The van der Waals surface area contributed by atoms with Crippen LogP contribution in [0.2, 0.25) is 0 Å². The van der Waals surface area contributed by atoms with Gasteiger partial charge in [0.2, 0.25) is 0 Å². The number of amides is 1. The Hall–Kier alpha value is -3.93. The molecule has 168 valence electrons. The number of ketones is 1. The van der Waals surface area contributed by atoms with Crippen molar-refractivity contribution in [3.63, 3.8) is 0 Å². The Morgan fingerprint density at radius 1 is 1.03 bits per heavy atom. The standard InChI is InChI=1S/C27H26N2O4/c1-2-3-16-33-22-13-11-21(12-14-22)25(30)23-24(20-9-5-4-6-10-20)29(27(32)26(23)31)18-19-8-7-15-28-17-19/h4-15,17,24,30H,2-3,16,18H2,1H3/b25-23-. The Morgan fingerprint density at radius 3 is 2.45 bits per heavy atom. The van der Waals surface area contributed by atoms with E-state index in [0.29, 0.717) is 17.9 Å². The quantitative estimate of drug-likeness (QED) is 0.233. The Balaban J connectivity index is 1.72. The molecular weight excluding hydrogens is 416 g/mol. The van der Waals surface area contributed by atoms with Gasteiger partial charge in [-0.15, -0.1) is 0 Å².